The third kappa shape index (κ3) is 9.58. The summed E-state index contributed by atoms with van der Waals surface area (Å²) in [6, 6.07) is 30.8. The fraction of sp³-hybridized carbons (Fsp3) is 0.286. The van der Waals surface area contributed by atoms with Gasteiger partial charge in [-0.1, -0.05) is 54.6 Å². The van der Waals surface area contributed by atoms with Gasteiger partial charge in [-0.05, 0) is 48.0 Å². The lowest BCUT2D eigenvalue weighted by Gasteiger charge is -2.24. The molecule has 43 heavy (non-hydrogen) atoms. The third-order valence-corrected chi connectivity index (χ3v) is 6.89. The Labute approximate surface area is 253 Å². The number of hydrogen-bond acceptors (Lipinski definition) is 8. The molecule has 8 nitrogen and oxygen atoms in total. The fourth-order valence-corrected chi connectivity index (χ4v) is 4.60. The molecule has 0 bridgehead atoms. The quantitative estimate of drug-likeness (QED) is 0.267. The molecule has 0 atom stereocenters. The van der Waals surface area contributed by atoms with E-state index in [2.05, 4.69) is 22.0 Å². The lowest BCUT2D eigenvalue weighted by Crippen LogP contribution is -2.31. The summed E-state index contributed by atoms with van der Waals surface area (Å²) in [4.78, 5) is 6.93. The van der Waals surface area contributed by atoms with Crippen LogP contribution in [0.2, 0.25) is 0 Å². The summed E-state index contributed by atoms with van der Waals surface area (Å²) in [6.45, 7) is 5.41. The number of rotatable bonds is 7. The average Bonchev–Trinajstić information content (AvgIpc) is 3.04. The zero-order chi connectivity index (χ0) is 29.5. The van der Waals surface area contributed by atoms with Gasteiger partial charge in [-0.2, -0.15) is 0 Å². The maximum Gasteiger partial charge on any atom is 0.161 e. The van der Waals surface area contributed by atoms with Crippen LogP contribution in [-0.2, 0) is 22.6 Å². The highest BCUT2D eigenvalue weighted by Crippen LogP contribution is 2.28. The van der Waals surface area contributed by atoms with Gasteiger partial charge in [0.05, 0.1) is 32.1 Å². The first-order valence-electron chi connectivity index (χ1n) is 14.6. The molecule has 8 heteroatoms. The van der Waals surface area contributed by atoms with Crippen LogP contribution >= 0.6 is 0 Å². The van der Waals surface area contributed by atoms with E-state index in [4.69, 9.17) is 23.7 Å². The van der Waals surface area contributed by atoms with Crippen molar-refractivity contribution in [1.82, 2.24) is 4.90 Å². The number of ether oxygens (including phenoxy) is 5. The van der Waals surface area contributed by atoms with E-state index in [9.17, 15) is 5.11 Å². The van der Waals surface area contributed by atoms with E-state index in [0.29, 0.717) is 82.9 Å². The molecule has 5 rings (SSSR count). The molecule has 0 aliphatic carbocycles. The summed E-state index contributed by atoms with van der Waals surface area (Å²) in [7, 11) is 0. The van der Waals surface area contributed by atoms with E-state index in [1.54, 1.807) is 18.3 Å². The molecule has 1 aliphatic rings. The second kappa shape index (κ2) is 16.3. The summed E-state index contributed by atoms with van der Waals surface area (Å²) < 4.78 is 29.9. The highest BCUT2D eigenvalue weighted by atomic mass is 16.6. The lowest BCUT2D eigenvalue weighted by molar-refractivity contribution is 0.0571. The smallest absolute Gasteiger partial charge is 0.161 e. The normalized spacial score (nSPS) is 15.4. The Kier molecular flexibility index (Phi) is 11.4. The molecule has 0 aromatic heterocycles. The Balaban J connectivity index is 1.29. The van der Waals surface area contributed by atoms with Crippen LogP contribution in [0.25, 0.3) is 0 Å². The van der Waals surface area contributed by atoms with Crippen LogP contribution in [0.1, 0.15) is 16.7 Å². The van der Waals surface area contributed by atoms with E-state index in [0.717, 1.165) is 22.6 Å². The van der Waals surface area contributed by atoms with Crippen molar-refractivity contribution in [2.75, 3.05) is 52.7 Å². The Bertz CT molecular complexity index is 1410. The van der Waals surface area contributed by atoms with E-state index >= 15 is 0 Å². The second-order valence-electron chi connectivity index (χ2n) is 10.0. The average molecular weight is 583 g/mol. The summed E-state index contributed by atoms with van der Waals surface area (Å²) >= 11 is 0. The van der Waals surface area contributed by atoms with Crippen molar-refractivity contribution in [3.63, 3.8) is 0 Å². The van der Waals surface area contributed by atoms with Gasteiger partial charge in [0.2, 0.25) is 0 Å². The van der Waals surface area contributed by atoms with Crippen LogP contribution in [0, 0.1) is 0 Å². The van der Waals surface area contributed by atoms with Gasteiger partial charge in [0.15, 0.2) is 11.5 Å². The molecule has 0 unspecified atom stereocenters. The molecule has 4 aromatic carbocycles. The van der Waals surface area contributed by atoms with Crippen LogP contribution in [0.15, 0.2) is 102 Å². The molecule has 0 fully saturated rings. The first kappa shape index (κ1) is 30.1. The number of phenols is 1. The standard InChI is InChI=1S/C35H38N2O6/c38-32-11-5-4-10-29(32)25-36-31-14-15-33(43-27-28-8-2-1-3-9-28)30(24-31)26-37-16-18-39-20-22-41-34-12-6-7-13-35(34)42-23-21-40-19-17-37/h1-15,24-25,38H,16-23,26-27H2. The Morgan fingerprint density at radius 3 is 2.07 bits per heavy atom. The number of para-hydroxylation sites is 3. The first-order chi connectivity index (χ1) is 21.2. The van der Waals surface area contributed by atoms with Crippen molar-refractivity contribution in [2.45, 2.75) is 13.2 Å². The van der Waals surface area contributed by atoms with Crippen molar-refractivity contribution < 1.29 is 28.8 Å². The molecular weight excluding hydrogens is 544 g/mol. The van der Waals surface area contributed by atoms with Crippen molar-refractivity contribution in [2.24, 2.45) is 4.99 Å². The molecule has 0 radical (unpaired) electrons. The Morgan fingerprint density at radius 2 is 1.37 bits per heavy atom. The maximum atomic E-state index is 10.1. The highest BCUT2D eigenvalue weighted by molar-refractivity contribution is 5.85. The van der Waals surface area contributed by atoms with Crippen LogP contribution < -0.4 is 14.2 Å². The molecule has 1 heterocycles. The Morgan fingerprint density at radius 1 is 0.721 bits per heavy atom. The van der Waals surface area contributed by atoms with Gasteiger partial charge in [-0.3, -0.25) is 9.89 Å². The van der Waals surface area contributed by atoms with Gasteiger partial charge in [0.1, 0.15) is 31.3 Å². The Hall–Kier alpha value is -4.37. The van der Waals surface area contributed by atoms with Crippen molar-refractivity contribution in [3.8, 4) is 23.0 Å². The molecule has 0 saturated carbocycles. The second-order valence-corrected chi connectivity index (χ2v) is 10.0. The molecule has 224 valence electrons. The highest BCUT2D eigenvalue weighted by Gasteiger charge is 2.13. The van der Waals surface area contributed by atoms with Gasteiger partial charge in [-0.15, -0.1) is 0 Å². The van der Waals surface area contributed by atoms with Gasteiger partial charge in [0, 0.05) is 37.0 Å². The number of benzene rings is 4. The predicted molar refractivity (Wildman–Crippen MR) is 167 cm³/mol. The molecule has 0 amide bonds. The van der Waals surface area contributed by atoms with Crippen molar-refractivity contribution >= 4 is 11.9 Å². The van der Waals surface area contributed by atoms with Crippen molar-refractivity contribution in [3.05, 3.63) is 114 Å². The summed E-state index contributed by atoms with van der Waals surface area (Å²) in [5.74, 6) is 2.39. The zero-order valence-corrected chi connectivity index (χ0v) is 24.3. The molecular formula is C35H38N2O6. The van der Waals surface area contributed by atoms with E-state index in [1.165, 1.54) is 0 Å². The topological polar surface area (TPSA) is 82.0 Å². The van der Waals surface area contributed by atoms with Crippen LogP contribution in [-0.4, -0.2) is 69.0 Å². The molecule has 1 N–H and O–H groups in total. The molecule has 4 aromatic rings. The van der Waals surface area contributed by atoms with Crippen LogP contribution in [0.4, 0.5) is 5.69 Å². The summed E-state index contributed by atoms with van der Waals surface area (Å²) in [5.41, 5.74) is 3.52. The van der Waals surface area contributed by atoms with Crippen LogP contribution in [0.3, 0.4) is 0 Å². The van der Waals surface area contributed by atoms with Gasteiger partial charge in [-0.25, -0.2) is 0 Å². The van der Waals surface area contributed by atoms with E-state index in [-0.39, 0.29) is 5.75 Å². The van der Waals surface area contributed by atoms with Crippen LogP contribution in [0.5, 0.6) is 23.0 Å². The summed E-state index contributed by atoms with van der Waals surface area (Å²) in [5, 5.41) is 10.1. The molecule has 1 aliphatic heterocycles. The fourth-order valence-electron chi connectivity index (χ4n) is 4.60. The maximum absolute atomic E-state index is 10.1. The lowest BCUT2D eigenvalue weighted by atomic mass is 10.1. The minimum absolute atomic E-state index is 0.190. The number of aliphatic imine (C=N–C) groups is 1. The van der Waals surface area contributed by atoms with Crippen molar-refractivity contribution in [1.29, 1.82) is 0 Å². The van der Waals surface area contributed by atoms with E-state index in [1.807, 2.05) is 72.8 Å². The monoisotopic (exact) mass is 582 g/mol. The molecule has 0 spiro atoms. The number of aromatic hydroxyl groups is 1. The SMILES string of the molecule is Oc1ccccc1C=Nc1ccc(OCc2ccccc2)c(CN2CCOCCOc3ccccc3OCCOCC2)c1. The van der Waals surface area contributed by atoms with Gasteiger partial charge >= 0.3 is 0 Å². The zero-order valence-electron chi connectivity index (χ0n) is 24.3. The minimum Gasteiger partial charge on any atom is -0.507 e. The number of nitrogens with zero attached hydrogens (tertiary/aromatic N) is 2. The first-order valence-corrected chi connectivity index (χ1v) is 14.6. The van der Waals surface area contributed by atoms with Gasteiger partial charge < -0.3 is 28.8 Å². The predicted octanol–water partition coefficient (Wildman–Crippen LogP) is 6.03. The van der Waals surface area contributed by atoms with Gasteiger partial charge in [0.25, 0.3) is 0 Å². The van der Waals surface area contributed by atoms with E-state index < -0.39 is 0 Å². The molecule has 0 saturated heterocycles. The number of phenolic OH excluding ortho intramolecular Hbond substituents is 1. The number of hydrogen-bond donors (Lipinski definition) is 1. The minimum atomic E-state index is 0.190. The largest absolute Gasteiger partial charge is 0.507 e. The summed E-state index contributed by atoms with van der Waals surface area (Å²) in [6.07, 6.45) is 1.67. The number of fused-ring (bicyclic) bond motifs is 1. The third-order valence-electron chi connectivity index (χ3n) is 6.89.